The number of nitrogens with one attached hydrogen (secondary N) is 1. The molecule has 1 fully saturated rings. The standard InChI is InChI=1S/C16H34N2O/c1-4-5-6-7-15(2)17-10-11-18(3)14-16-8-12-19-13-9-16/h15-17H,4-14H2,1-3H3. The van der Waals surface area contributed by atoms with Gasteiger partial charge in [0.05, 0.1) is 0 Å². The molecule has 1 saturated heterocycles. The lowest BCUT2D eigenvalue weighted by Gasteiger charge is -2.27. The maximum absolute atomic E-state index is 5.41. The second-order valence-electron chi connectivity index (χ2n) is 6.17. The van der Waals surface area contributed by atoms with E-state index >= 15 is 0 Å². The molecule has 1 N–H and O–H groups in total. The number of unbranched alkanes of at least 4 members (excludes halogenated alkanes) is 2. The first kappa shape index (κ1) is 16.9. The molecule has 1 aliphatic rings. The van der Waals surface area contributed by atoms with Crippen LogP contribution in [0.3, 0.4) is 0 Å². The molecule has 114 valence electrons. The summed E-state index contributed by atoms with van der Waals surface area (Å²) in [5.74, 6) is 0.848. The molecule has 1 rings (SSSR count). The lowest BCUT2D eigenvalue weighted by Crippen LogP contribution is -2.37. The second-order valence-corrected chi connectivity index (χ2v) is 6.17. The van der Waals surface area contributed by atoms with Crippen LogP contribution in [-0.4, -0.2) is 50.8 Å². The monoisotopic (exact) mass is 270 g/mol. The van der Waals surface area contributed by atoms with E-state index in [0.717, 1.165) is 32.2 Å². The Morgan fingerprint density at radius 1 is 1.26 bits per heavy atom. The Morgan fingerprint density at radius 2 is 2.00 bits per heavy atom. The number of nitrogens with zero attached hydrogens (tertiary/aromatic N) is 1. The van der Waals surface area contributed by atoms with Gasteiger partial charge in [-0.1, -0.05) is 26.2 Å². The summed E-state index contributed by atoms with van der Waals surface area (Å²) in [5.41, 5.74) is 0. The first-order chi connectivity index (χ1) is 9.22. The Hall–Kier alpha value is -0.120. The molecular formula is C16H34N2O. The van der Waals surface area contributed by atoms with E-state index in [4.69, 9.17) is 4.74 Å². The van der Waals surface area contributed by atoms with Crippen molar-refractivity contribution >= 4 is 0 Å². The Morgan fingerprint density at radius 3 is 2.68 bits per heavy atom. The van der Waals surface area contributed by atoms with Crippen molar-refractivity contribution in [3.63, 3.8) is 0 Å². The van der Waals surface area contributed by atoms with Crippen LogP contribution in [0.1, 0.15) is 52.4 Å². The van der Waals surface area contributed by atoms with Gasteiger partial charge in [-0.05, 0) is 39.2 Å². The van der Waals surface area contributed by atoms with Crippen LogP contribution in [0.4, 0.5) is 0 Å². The molecule has 1 heterocycles. The van der Waals surface area contributed by atoms with E-state index in [0.29, 0.717) is 6.04 Å². The van der Waals surface area contributed by atoms with Crippen LogP contribution in [0.15, 0.2) is 0 Å². The Kier molecular flexibility index (Phi) is 9.48. The third-order valence-electron chi connectivity index (χ3n) is 4.14. The summed E-state index contributed by atoms with van der Waals surface area (Å²) in [5, 5.41) is 3.64. The zero-order chi connectivity index (χ0) is 13.9. The molecular weight excluding hydrogens is 236 g/mol. The molecule has 19 heavy (non-hydrogen) atoms. The number of hydrogen-bond acceptors (Lipinski definition) is 3. The zero-order valence-corrected chi connectivity index (χ0v) is 13.3. The minimum Gasteiger partial charge on any atom is -0.381 e. The van der Waals surface area contributed by atoms with Crippen molar-refractivity contribution in [2.75, 3.05) is 39.9 Å². The van der Waals surface area contributed by atoms with Gasteiger partial charge in [-0.15, -0.1) is 0 Å². The van der Waals surface area contributed by atoms with Crippen LogP contribution in [0.2, 0.25) is 0 Å². The second kappa shape index (κ2) is 10.6. The largest absolute Gasteiger partial charge is 0.381 e. The fourth-order valence-electron chi connectivity index (χ4n) is 2.77. The molecule has 0 radical (unpaired) electrons. The minimum absolute atomic E-state index is 0.669. The lowest BCUT2D eigenvalue weighted by molar-refractivity contribution is 0.0558. The summed E-state index contributed by atoms with van der Waals surface area (Å²) in [6.45, 7) is 10.0. The van der Waals surface area contributed by atoms with Crippen LogP contribution in [0.25, 0.3) is 0 Å². The summed E-state index contributed by atoms with van der Waals surface area (Å²) in [4.78, 5) is 2.47. The van der Waals surface area contributed by atoms with E-state index in [2.05, 4.69) is 31.1 Å². The van der Waals surface area contributed by atoms with Crippen molar-refractivity contribution in [2.45, 2.75) is 58.4 Å². The molecule has 3 heteroatoms. The van der Waals surface area contributed by atoms with E-state index in [9.17, 15) is 0 Å². The molecule has 0 aromatic heterocycles. The summed E-state index contributed by atoms with van der Waals surface area (Å²) >= 11 is 0. The van der Waals surface area contributed by atoms with E-state index < -0.39 is 0 Å². The zero-order valence-electron chi connectivity index (χ0n) is 13.3. The maximum Gasteiger partial charge on any atom is 0.0469 e. The molecule has 0 spiro atoms. The van der Waals surface area contributed by atoms with Gasteiger partial charge in [-0.25, -0.2) is 0 Å². The highest BCUT2D eigenvalue weighted by Crippen LogP contribution is 2.15. The van der Waals surface area contributed by atoms with Gasteiger partial charge in [0.15, 0.2) is 0 Å². The fraction of sp³-hybridized carbons (Fsp3) is 1.00. The Labute approximate surface area is 120 Å². The average molecular weight is 270 g/mol. The first-order valence-electron chi connectivity index (χ1n) is 8.22. The molecule has 0 aromatic carbocycles. The quantitative estimate of drug-likeness (QED) is 0.618. The fourth-order valence-corrected chi connectivity index (χ4v) is 2.77. The van der Waals surface area contributed by atoms with Crippen molar-refractivity contribution in [2.24, 2.45) is 5.92 Å². The summed E-state index contributed by atoms with van der Waals surface area (Å²) in [7, 11) is 2.25. The molecule has 1 unspecified atom stereocenters. The van der Waals surface area contributed by atoms with Gasteiger partial charge in [0.1, 0.15) is 0 Å². The summed E-state index contributed by atoms with van der Waals surface area (Å²) in [6.07, 6.45) is 7.85. The highest BCUT2D eigenvalue weighted by molar-refractivity contribution is 4.68. The van der Waals surface area contributed by atoms with Gasteiger partial charge < -0.3 is 15.0 Å². The molecule has 0 bridgehead atoms. The topological polar surface area (TPSA) is 24.5 Å². The van der Waals surface area contributed by atoms with Crippen LogP contribution in [0, 0.1) is 5.92 Å². The minimum atomic E-state index is 0.669. The van der Waals surface area contributed by atoms with Crippen molar-refractivity contribution in [1.82, 2.24) is 10.2 Å². The van der Waals surface area contributed by atoms with E-state index in [1.807, 2.05) is 0 Å². The molecule has 0 aliphatic carbocycles. The molecule has 0 saturated carbocycles. The lowest BCUT2D eigenvalue weighted by atomic mass is 10.00. The van der Waals surface area contributed by atoms with Crippen LogP contribution < -0.4 is 5.32 Å². The Bertz CT molecular complexity index is 205. The van der Waals surface area contributed by atoms with Crippen molar-refractivity contribution in [3.05, 3.63) is 0 Å². The maximum atomic E-state index is 5.41. The van der Waals surface area contributed by atoms with Gasteiger partial charge in [0, 0.05) is 38.9 Å². The third-order valence-corrected chi connectivity index (χ3v) is 4.14. The van der Waals surface area contributed by atoms with Crippen molar-refractivity contribution in [1.29, 1.82) is 0 Å². The molecule has 3 nitrogen and oxygen atoms in total. The van der Waals surface area contributed by atoms with Gasteiger partial charge in [0.25, 0.3) is 0 Å². The summed E-state index contributed by atoms with van der Waals surface area (Å²) in [6, 6.07) is 0.669. The number of likely N-dealkylation sites (N-methyl/N-ethyl adjacent to an activating group) is 1. The van der Waals surface area contributed by atoms with Crippen LogP contribution in [-0.2, 0) is 4.74 Å². The smallest absolute Gasteiger partial charge is 0.0469 e. The molecule has 0 amide bonds. The summed E-state index contributed by atoms with van der Waals surface area (Å²) < 4.78 is 5.41. The normalized spacial score (nSPS) is 18.9. The van der Waals surface area contributed by atoms with Gasteiger partial charge in [-0.2, -0.15) is 0 Å². The van der Waals surface area contributed by atoms with Gasteiger partial charge in [0.2, 0.25) is 0 Å². The molecule has 1 aliphatic heterocycles. The van der Waals surface area contributed by atoms with Crippen LogP contribution in [0.5, 0.6) is 0 Å². The van der Waals surface area contributed by atoms with Gasteiger partial charge >= 0.3 is 0 Å². The van der Waals surface area contributed by atoms with E-state index in [-0.39, 0.29) is 0 Å². The van der Waals surface area contributed by atoms with Crippen molar-refractivity contribution in [3.8, 4) is 0 Å². The number of hydrogen-bond donors (Lipinski definition) is 1. The van der Waals surface area contributed by atoms with Gasteiger partial charge in [-0.3, -0.25) is 0 Å². The van der Waals surface area contributed by atoms with E-state index in [1.165, 1.54) is 45.1 Å². The SMILES string of the molecule is CCCCCC(C)NCCN(C)CC1CCOCC1. The first-order valence-corrected chi connectivity index (χ1v) is 8.22. The predicted octanol–water partition coefficient (Wildman–Crippen LogP) is 2.90. The van der Waals surface area contributed by atoms with Crippen LogP contribution >= 0.6 is 0 Å². The molecule has 1 atom stereocenters. The Balaban J connectivity index is 1.98. The third kappa shape index (κ3) is 8.61. The number of rotatable bonds is 10. The highest BCUT2D eigenvalue weighted by atomic mass is 16.5. The average Bonchev–Trinajstić information content (AvgIpc) is 2.40. The number of ether oxygens (including phenoxy) is 1. The molecule has 0 aromatic rings. The predicted molar refractivity (Wildman–Crippen MR) is 82.6 cm³/mol. The van der Waals surface area contributed by atoms with Crippen molar-refractivity contribution < 1.29 is 4.74 Å². The van der Waals surface area contributed by atoms with E-state index in [1.54, 1.807) is 0 Å². The highest BCUT2D eigenvalue weighted by Gasteiger charge is 2.15.